The van der Waals surface area contributed by atoms with E-state index in [0.717, 1.165) is 83.5 Å². The molecule has 0 fully saturated rings. The number of esters is 3. The number of hydrogen-bond acceptors (Lipinski definition) is 6. The molecule has 0 aromatic carbocycles. The Morgan fingerprint density at radius 3 is 0.783 bits per heavy atom. The highest BCUT2D eigenvalue weighted by Crippen LogP contribution is 2.18. The first-order chi connectivity index (χ1) is 41.0. The van der Waals surface area contributed by atoms with Gasteiger partial charge in [0.25, 0.3) is 0 Å². The van der Waals surface area contributed by atoms with E-state index in [1.165, 1.54) is 225 Å². The minimum atomic E-state index is -0.818. The summed E-state index contributed by atoms with van der Waals surface area (Å²) in [5, 5.41) is 0. The maximum atomic E-state index is 12.9. The lowest BCUT2D eigenvalue weighted by molar-refractivity contribution is -0.166. The van der Waals surface area contributed by atoms with Crippen LogP contribution in [-0.4, -0.2) is 37.2 Å². The molecule has 6 nitrogen and oxygen atoms in total. The van der Waals surface area contributed by atoms with Crippen molar-refractivity contribution in [2.24, 2.45) is 0 Å². The zero-order valence-corrected chi connectivity index (χ0v) is 54.9. The van der Waals surface area contributed by atoms with Crippen molar-refractivity contribution in [2.75, 3.05) is 13.2 Å². The number of ether oxygens (including phenoxy) is 3. The third-order valence-corrected chi connectivity index (χ3v) is 15.6. The fraction of sp³-hybridized carbons (Fsp3) is 0.753. The highest BCUT2D eigenvalue weighted by Gasteiger charge is 2.19. The van der Waals surface area contributed by atoms with E-state index in [2.05, 4.69) is 112 Å². The highest BCUT2D eigenvalue weighted by molar-refractivity contribution is 5.71. The van der Waals surface area contributed by atoms with E-state index in [1.54, 1.807) is 0 Å². The first-order valence-corrected chi connectivity index (χ1v) is 35.7. The predicted molar refractivity (Wildman–Crippen MR) is 362 cm³/mol. The number of rotatable bonds is 65. The molecule has 0 rings (SSSR count). The molecule has 0 saturated carbocycles. The Hall–Kier alpha value is -3.67. The maximum absolute atomic E-state index is 12.9. The Morgan fingerprint density at radius 2 is 0.494 bits per heavy atom. The molecule has 0 aromatic rings. The SMILES string of the molecule is CC/C=C\C/C=C\C/C=C\C/C=C\C/C=C\C/C=C\CCC(=O)OC(COC(=O)CCCCCCCCCCCCCCCCCCC)COC(=O)CCCCCCCCCCCCCCCCCCC/C=C\C/C=C\CCCCCCC. The van der Waals surface area contributed by atoms with Gasteiger partial charge in [-0.1, -0.05) is 343 Å². The van der Waals surface area contributed by atoms with Crippen LogP contribution in [0, 0.1) is 0 Å². The quantitative estimate of drug-likeness (QED) is 0.0261. The molecule has 0 aromatic heterocycles. The molecule has 0 bridgehead atoms. The monoisotopic (exact) mass is 1160 g/mol. The molecule has 0 amide bonds. The van der Waals surface area contributed by atoms with Crippen LogP contribution in [0.1, 0.15) is 355 Å². The van der Waals surface area contributed by atoms with E-state index in [0.29, 0.717) is 19.3 Å². The Kier molecular flexibility index (Phi) is 67.7. The Labute approximate surface area is 515 Å². The van der Waals surface area contributed by atoms with Crippen molar-refractivity contribution in [1.29, 1.82) is 0 Å². The molecule has 83 heavy (non-hydrogen) atoms. The molecule has 0 radical (unpaired) electrons. The van der Waals surface area contributed by atoms with E-state index >= 15 is 0 Å². The van der Waals surface area contributed by atoms with Crippen molar-refractivity contribution in [3.8, 4) is 0 Å². The topological polar surface area (TPSA) is 78.9 Å². The summed E-state index contributed by atoms with van der Waals surface area (Å²) in [7, 11) is 0. The van der Waals surface area contributed by atoms with Gasteiger partial charge in [0.2, 0.25) is 0 Å². The number of carbonyl (C=O) groups excluding carboxylic acids is 3. The van der Waals surface area contributed by atoms with Crippen LogP contribution < -0.4 is 0 Å². The van der Waals surface area contributed by atoms with Gasteiger partial charge < -0.3 is 14.2 Å². The molecular weight excluding hydrogens is 1020 g/mol. The second-order valence-electron chi connectivity index (χ2n) is 23.8. The van der Waals surface area contributed by atoms with Gasteiger partial charge in [-0.25, -0.2) is 0 Å². The number of allylic oxidation sites excluding steroid dienone is 16. The van der Waals surface area contributed by atoms with Gasteiger partial charge >= 0.3 is 17.9 Å². The van der Waals surface area contributed by atoms with Crippen LogP contribution in [-0.2, 0) is 28.6 Å². The van der Waals surface area contributed by atoms with Gasteiger partial charge in [-0.2, -0.15) is 0 Å². The second kappa shape index (κ2) is 70.8. The molecular formula is C77H134O6. The highest BCUT2D eigenvalue weighted by atomic mass is 16.6. The van der Waals surface area contributed by atoms with E-state index in [9.17, 15) is 14.4 Å². The fourth-order valence-corrected chi connectivity index (χ4v) is 10.3. The third-order valence-electron chi connectivity index (χ3n) is 15.6. The first kappa shape index (κ1) is 79.3. The standard InChI is InChI=1S/C77H134O6/c1-4-7-10-13-16-19-22-25-28-31-33-34-35-36-37-38-39-40-41-42-44-46-49-52-55-58-61-64-67-70-76(79)82-73-74(72-81-75(78)69-66-63-60-57-54-51-48-45-30-27-24-21-18-15-12-9-6-3)83-77(80)71-68-65-62-59-56-53-50-47-43-32-29-26-23-20-17-14-11-8-5-2/h8,11,17,20,22,25-26,29,31,33,43,47,53,56,62,65,74H,4-7,9-10,12-16,18-19,21,23-24,27-28,30,32,34-42,44-46,48-52,54-55,57-61,63-64,66-73H2,1-3H3/b11-8-,20-17-,25-22-,29-26-,33-31-,47-43-,56-53-,65-62-. The normalized spacial score (nSPS) is 12.7. The zero-order chi connectivity index (χ0) is 59.9. The summed E-state index contributed by atoms with van der Waals surface area (Å²) in [4.78, 5) is 38.4. The minimum Gasteiger partial charge on any atom is -0.462 e. The van der Waals surface area contributed by atoms with Crippen molar-refractivity contribution < 1.29 is 28.6 Å². The van der Waals surface area contributed by atoms with Crippen LogP contribution in [0.25, 0.3) is 0 Å². The molecule has 0 aliphatic rings. The molecule has 0 saturated heterocycles. The lowest BCUT2D eigenvalue weighted by atomic mass is 10.0. The van der Waals surface area contributed by atoms with E-state index in [-0.39, 0.29) is 37.5 Å². The Balaban J connectivity index is 4.34. The summed E-state index contributed by atoms with van der Waals surface area (Å²) in [6.45, 7) is 6.51. The van der Waals surface area contributed by atoms with Crippen LogP contribution in [0.3, 0.4) is 0 Å². The summed E-state index contributed by atoms with van der Waals surface area (Å²) in [6, 6.07) is 0. The number of carbonyl (C=O) groups is 3. The molecule has 0 heterocycles. The lowest BCUT2D eigenvalue weighted by Crippen LogP contribution is -2.30. The lowest BCUT2D eigenvalue weighted by Gasteiger charge is -2.18. The smallest absolute Gasteiger partial charge is 0.306 e. The first-order valence-electron chi connectivity index (χ1n) is 35.7. The summed E-state index contributed by atoms with van der Waals surface area (Å²) >= 11 is 0. The zero-order valence-electron chi connectivity index (χ0n) is 54.9. The van der Waals surface area contributed by atoms with Crippen molar-refractivity contribution in [1.82, 2.24) is 0 Å². The van der Waals surface area contributed by atoms with Crippen LogP contribution in [0.15, 0.2) is 97.2 Å². The summed E-state index contributed by atoms with van der Waals surface area (Å²) in [5.41, 5.74) is 0. The molecule has 0 aliphatic heterocycles. The summed E-state index contributed by atoms with van der Waals surface area (Å²) in [5.74, 6) is -0.970. The summed E-state index contributed by atoms with van der Waals surface area (Å²) < 4.78 is 16.9. The van der Waals surface area contributed by atoms with Crippen LogP contribution in [0.4, 0.5) is 0 Å². The van der Waals surface area contributed by atoms with Crippen LogP contribution >= 0.6 is 0 Å². The van der Waals surface area contributed by atoms with Gasteiger partial charge in [0, 0.05) is 19.3 Å². The van der Waals surface area contributed by atoms with Crippen molar-refractivity contribution in [3.05, 3.63) is 97.2 Å². The van der Waals surface area contributed by atoms with Gasteiger partial charge in [0.05, 0.1) is 0 Å². The van der Waals surface area contributed by atoms with Crippen molar-refractivity contribution in [3.63, 3.8) is 0 Å². The van der Waals surface area contributed by atoms with E-state index < -0.39 is 6.10 Å². The van der Waals surface area contributed by atoms with E-state index in [4.69, 9.17) is 14.2 Å². The van der Waals surface area contributed by atoms with Gasteiger partial charge in [0.1, 0.15) is 13.2 Å². The molecule has 0 N–H and O–H groups in total. The minimum absolute atomic E-state index is 0.104. The van der Waals surface area contributed by atoms with Crippen LogP contribution in [0.2, 0.25) is 0 Å². The predicted octanol–water partition coefficient (Wildman–Crippen LogP) is 24.8. The van der Waals surface area contributed by atoms with Gasteiger partial charge in [-0.3, -0.25) is 14.4 Å². The van der Waals surface area contributed by atoms with Crippen molar-refractivity contribution in [2.45, 2.75) is 361 Å². The van der Waals surface area contributed by atoms with E-state index in [1.807, 2.05) is 6.08 Å². The van der Waals surface area contributed by atoms with Gasteiger partial charge in [-0.15, -0.1) is 0 Å². The van der Waals surface area contributed by atoms with Gasteiger partial charge in [0.15, 0.2) is 6.10 Å². The largest absolute Gasteiger partial charge is 0.462 e. The molecule has 0 spiro atoms. The summed E-state index contributed by atoms with van der Waals surface area (Å²) in [6.07, 6.45) is 96.0. The average molecular weight is 1160 g/mol. The fourth-order valence-electron chi connectivity index (χ4n) is 10.3. The van der Waals surface area contributed by atoms with Crippen LogP contribution in [0.5, 0.6) is 0 Å². The maximum Gasteiger partial charge on any atom is 0.306 e. The average Bonchev–Trinajstić information content (AvgIpc) is 3.49. The third kappa shape index (κ3) is 69.0. The number of unbranched alkanes of at least 4 members (excludes halogenated alkanes) is 38. The van der Waals surface area contributed by atoms with Gasteiger partial charge in [-0.05, 0) is 89.9 Å². The number of hydrogen-bond donors (Lipinski definition) is 0. The molecule has 1 unspecified atom stereocenters. The Morgan fingerprint density at radius 1 is 0.253 bits per heavy atom. The molecule has 0 aliphatic carbocycles. The molecule has 6 heteroatoms. The molecule has 1 atom stereocenters. The molecule has 478 valence electrons. The Bertz CT molecular complexity index is 1610. The van der Waals surface area contributed by atoms with Crippen molar-refractivity contribution >= 4 is 17.9 Å². The second-order valence-corrected chi connectivity index (χ2v) is 23.8.